The summed E-state index contributed by atoms with van der Waals surface area (Å²) >= 11 is 0. The number of hydrogen-bond acceptors (Lipinski definition) is 4. The molecule has 2 atom stereocenters. The number of carbonyl (C=O) groups is 1. The van der Waals surface area contributed by atoms with Crippen LogP contribution in [0.25, 0.3) is 0 Å². The van der Waals surface area contributed by atoms with E-state index in [1.165, 1.54) is 24.1 Å². The second kappa shape index (κ2) is 12.1. The molecule has 0 spiro atoms. The van der Waals surface area contributed by atoms with Crippen molar-refractivity contribution in [2.75, 3.05) is 39.3 Å². The van der Waals surface area contributed by atoms with E-state index in [4.69, 9.17) is 5.26 Å². The average molecular weight is 463 g/mol. The van der Waals surface area contributed by atoms with Crippen molar-refractivity contribution in [2.24, 2.45) is 5.92 Å². The van der Waals surface area contributed by atoms with Gasteiger partial charge in [0, 0.05) is 38.0 Å². The second-order valence-electron chi connectivity index (χ2n) is 9.59. The maximum Gasteiger partial charge on any atom is 0.256 e. The minimum absolute atomic E-state index is 0.109. The van der Waals surface area contributed by atoms with Crippen LogP contribution in [0, 0.1) is 23.1 Å². The van der Waals surface area contributed by atoms with E-state index in [0.717, 1.165) is 39.0 Å². The lowest BCUT2D eigenvalue weighted by atomic mass is 9.96. The Morgan fingerprint density at radius 1 is 1.09 bits per heavy atom. The number of halogens is 1. The van der Waals surface area contributed by atoms with Gasteiger partial charge in [-0.1, -0.05) is 42.5 Å². The first-order valence-electron chi connectivity index (χ1n) is 12.6. The third-order valence-corrected chi connectivity index (χ3v) is 7.19. The van der Waals surface area contributed by atoms with E-state index in [2.05, 4.69) is 46.6 Å². The molecule has 2 aromatic rings. The molecule has 1 N–H and O–H groups in total. The molecular weight excluding hydrogens is 427 g/mol. The number of nitrogens with one attached hydrogen (secondary N) is 1. The van der Waals surface area contributed by atoms with Crippen LogP contribution < -0.4 is 5.32 Å². The maximum atomic E-state index is 14.2. The van der Waals surface area contributed by atoms with Crippen molar-refractivity contribution in [2.45, 2.75) is 44.1 Å². The highest BCUT2D eigenvalue weighted by molar-refractivity contribution is 5.94. The Morgan fingerprint density at radius 3 is 2.56 bits per heavy atom. The Kier molecular flexibility index (Phi) is 8.67. The minimum atomic E-state index is -0.490. The molecule has 2 aromatic carbocycles. The number of hydrogen-bond donors (Lipinski definition) is 1. The van der Waals surface area contributed by atoms with Gasteiger partial charge in [-0.05, 0) is 68.9 Å². The summed E-state index contributed by atoms with van der Waals surface area (Å²) in [5, 5.41) is 12.6. The topological polar surface area (TPSA) is 59.4 Å². The van der Waals surface area contributed by atoms with Gasteiger partial charge in [0.25, 0.3) is 5.91 Å². The lowest BCUT2D eigenvalue weighted by Crippen LogP contribution is -2.43. The molecule has 1 saturated heterocycles. The maximum absolute atomic E-state index is 14.2. The highest BCUT2D eigenvalue weighted by atomic mass is 19.1. The Hall–Kier alpha value is -2.75. The van der Waals surface area contributed by atoms with Gasteiger partial charge in [-0.25, -0.2) is 4.39 Å². The molecular formula is C28H35FN4O. The molecule has 0 bridgehead atoms. The molecule has 1 amide bonds. The summed E-state index contributed by atoms with van der Waals surface area (Å²) in [6.45, 7) is 4.95. The summed E-state index contributed by atoms with van der Waals surface area (Å²) in [5.41, 5.74) is 1.55. The van der Waals surface area contributed by atoms with E-state index < -0.39 is 5.82 Å². The first-order valence-corrected chi connectivity index (χ1v) is 12.6. The molecule has 1 saturated carbocycles. The predicted molar refractivity (Wildman–Crippen MR) is 132 cm³/mol. The van der Waals surface area contributed by atoms with Crippen LogP contribution in [0.5, 0.6) is 0 Å². The summed E-state index contributed by atoms with van der Waals surface area (Å²) in [6.07, 6.45) is 4.55. The summed E-state index contributed by atoms with van der Waals surface area (Å²) < 4.78 is 14.2. The van der Waals surface area contributed by atoms with E-state index in [-0.39, 0.29) is 11.5 Å². The van der Waals surface area contributed by atoms with Gasteiger partial charge in [0.2, 0.25) is 0 Å². The van der Waals surface area contributed by atoms with Crippen molar-refractivity contribution in [3.05, 3.63) is 71.5 Å². The number of unbranched alkanes of at least 4 members (excludes halogenated alkanes) is 1. The third-order valence-electron chi connectivity index (χ3n) is 7.19. The van der Waals surface area contributed by atoms with E-state index in [1.807, 2.05) is 0 Å². The number of carbonyl (C=O) groups excluding carboxylic acids is 1. The standard InChI is InChI=1S/C28H35FN4O/c29-26-11-5-4-10-24(26)28(34)33(15-7-6-14-30)19-18-32-16-12-22(13-17-32)21-31-27-20-25(27)23-8-2-1-3-9-23/h1-5,8-11,22,25,27,31H,6-7,12-13,15-21H2/t25?,27-/m0/s1. The molecule has 1 aliphatic carbocycles. The Morgan fingerprint density at radius 2 is 1.82 bits per heavy atom. The van der Waals surface area contributed by atoms with Crippen LogP contribution in [0.2, 0.25) is 0 Å². The van der Waals surface area contributed by atoms with Crippen molar-refractivity contribution in [1.82, 2.24) is 15.1 Å². The number of likely N-dealkylation sites (tertiary alicyclic amines) is 1. The number of nitriles is 1. The fraction of sp³-hybridized carbons (Fsp3) is 0.500. The fourth-order valence-electron chi connectivity index (χ4n) is 4.95. The van der Waals surface area contributed by atoms with E-state index in [0.29, 0.717) is 43.8 Å². The van der Waals surface area contributed by atoms with Crippen LogP contribution in [0.15, 0.2) is 54.6 Å². The van der Waals surface area contributed by atoms with Gasteiger partial charge in [-0.3, -0.25) is 4.79 Å². The van der Waals surface area contributed by atoms with Gasteiger partial charge in [0.15, 0.2) is 0 Å². The Balaban J connectivity index is 1.19. The molecule has 1 aliphatic heterocycles. The molecule has 0 radical (unpaired) electrons. The van der Waals surface area contributed by atoms with Gasteiger partial charge in [-0.2, -0.15) is 5.26 Å². The van der Waals surface area contributed by atoms with Crippen LogP contribution in [0.4, 0.5) is 4.39 Å². The molecule has 34 heavy (non-hydrogen) atoms. The van der Waals surface area contributed by atoms with Crippen LogP contribution in [0.3, 0.4) is 0 Å². The molecule has 180 valence electrons. The molecule has 0 aromatic heterocycles. The lowest BCUT2D eigenvalue weighted by Gasteiger charge is -2.34. The van der Waals surface area contributed by atoms with E-state index in [1.54, 1.807) is 17.0 Å². The van der Waals surface area contributed by atoms with E-state index >= 15 is 0 Å². The molecule has 2 fully saturated rings. The molecule has 2 aliphatic rings. The Bertz CT molecular complexity index is 968. The summed E-state index contributed by atoms with van der Waals surface area (Å²) in [7, 11) is 0. The second-order valence-corrected chi connectivity index (χ2v) is 9.59. The highest BCUT2D eigenvalue weighted by Crippen LogP contribution is 2.40. The fourth-order valence-corrected chi connectivity index (χ4v) is 4.95. The van der Waals surface area contributed by atoms with Gasteiger partial charge in [0.05, 0.1) is 11.6 Å². The number of nitrogens with zero attached hydrogens (tertiary/aromatic N) is 3. The van der Waals surface area contributed by atoms with Crippen molar-refractivity contribution < 1.29 is 9.18 Å². The first kappa shape index (κ1) is 24.4. The number of benzene rings is 2. The molecule has 5 nitrogen and oxygen atoms in total. The van der Waals surface area contributed by atoms with Crippen LogP contribution in [-0.2, 0) is 0 Å². The first-order chi connectivity index (χ1) is 16.7. The third kappa shape index (κ3) is 6.65. The zero-order valence-electron chi connectivity index (χ0n) is 19.8. The van der Waals surface area contributed by atoms with Gasteiger partial charge < -0.3 is 15.1 Å². The molecule has 1 heterocycles. The highest BCUT2D eigenvalue weighted by Gasteiger charge is 2.38. The lowest BCUT2D eigenvalue weighted by molar-refractivity contribution is 0.0715. The zero-order valence-corrected chi connectivity index (χ0v) is 19.8. The summed E-state index contributed by atoms with van der Waals surface area (Å²) in [5.74, 6) is 0.587. The smallest absolute Gasteiger partial charge is 0.256 e. The zero-order chi connectivity index (χ0) is 23.8. The van der Waals surface area contributed by atoms with E-state index in [9.17, 15) is 9.18 Å². The number of rotatable bonds is 11. The van der Waals surface area contributed by atoms with Gasteiger partial charge >= 0.3 is 0 Å². The van der Waals surface area contributed by atoms with Crippen LogP contribution in [0.1, 0.15) is 53.9 Å². The number of amides is 1. The SMILES string of the molecule is N#CCCCN(CCN1CCC(CN[C@H]2CC2c2ccccc2)CC1)C(=O)c1ccccc1F. The average Bonchev–Trinajstić information content (AvgIpc) is 3.66. The monoisotopic (exact) mass is 462 g/mol. The normalized spacial score (nSPS) is 20.6. The van der Waals surface area contributed by atoms with Gasteiger partial charge in [-0.15, -0.1) is 0 Å². The molecule has 1 unspecified atom stereocenters. The summed E-state index contributed by atoms with van der Waals surface area (Å²) in [6, 6.07) is 19.7. The number of piperidine rings is 1. The van der Waals surface area contributed by atoms with Crippen LogP contribution >= 0.6 is 0 Å². The summed E-state index contributed by atoms with van der Waals surface area (Å²) in [4.78, 5) is 17.1. The minimum Gasteiger partial charge on any atom is -0.337 e. The van der Waals surface area contributed by atoms with Gasteiger partial charge in [0.1, 0.15) is 5.82 Å². The quantitative estimate of drug-likeness (QED) is 0.502. The van der Waals surface area contributed by atoms with Crippen LogP contribution in [-0.4, -0.2) is 61.0 Å². The molecule has 4 rings (SSSR count). The predicted octanol–water partition coefficient (Wildman–Crippen LogP) is 4.43. The van der Waals surface area contributed by atoms with Crippen molar-refractivity contribution in [1.29, 1.82) is 5.26 Å². The van der Waals surface area contributed by atoms with Crippen molar-refractivity contribution >= 4 is 5.91 Å². The van der Waals surface area contributed by atoms with Crippen molar-refractivity contribution in [3.63, 3.8) is 0 Å². The Labute approximate surface area is 202 Å². The largest absolute Gasteiger partial charge is 0.337 e. The molecule has 6 heteroatoms. The van der Waals surface area contributed by atoms with Crippen molar-refractivity contribution in [3.8, 4) is 6.07 Å².